The molecule has 1 heterocycles. The van der Waals surface area contributed by atoms with Crippen molar-refractivity contribution in [3.8, 4) is 0 Å². The van der Waals surface area contributed by atoms with E-state index in [9.17, 15) is 0 Å². The van der Waals surface area contributed by atoms with E-state index < -0.39 is 0 Å². The van der Waals surface area contributed by atoms with E-state index >= 15 is 0 Å². The van der Waals surface area contributed by atoms with Gasteiger partial charge in [0.2, 0.25) is 0 Å². The minimum absolute atomic E-state index is 0. The Labute approximate surface area is 130 Å². The third-order valence-electron chi connectivity index (χ3n) is 3.15. The molecular formula is C13H18Cl3N3. The summed E-state index contributed by atoms with van der Waals surface area (Å²) in [5.74, 6) is 0.753. The van der Waals surface area contributed by atoms with Gasteiger partial charge in [0.1, 0.15) is 0 Å². The Kier molecular flexibility index (Phi) is 6.24. The number of para-hydroxylation sites is 1. The molecule has 1 aromatic rings. The SMILES string of the molecule is CCC1N=C(Nc2c(Cl)cccc2Cl)NC1CC.Cl. The van der Waals surface area contributed by atoms with Crippen LogP contribution in [-0.4, -0.2) is 18.0 Å². The molecule has 0 saturated heterocycles. The standard InChI is InChI=1S/C13H17Cl2N3.ClH/c1-3-10-11(4-2)17-13(16-10)18-12-8(14)6-5-7-9(12)15;/h5-7,10-11H,3-4H2,1-2H3,(H2,16,17,18);1H. The Morgan fingerprint density at radius 1 is 1.21 bits per heavy atom. The van der Waals surface area contributed by atoms with E-state index in [1.54, 1.807) is 12.1 Å². The van der Waals surface area contributed by atoms with E-state index in [2.05, 4.69) is 29.5 Å². The monoisotopic (exact) mass is 321 g/mol. The van der Waals surface area contributed by atoms with Crippen LogP contribution >= 0.6 is 35.6 Å². The Balaban J connectivity index is 0.00000180. The molecule has 1 aliphatic heterocycles. The van der Waals surface area contributed by atoms with E-state index in [0.29, 0.717) is 27.8 Å². The molecule has 2 rings (SSSR count). The maximum absolute atomic E-state index is 6.12. The van der Waals surface area contributed by atoms with Crippen molar-refractivity contribution in [2.24, 2.45) is 4.99 Å². The fraction of sp³-hybridized carbons (Fsp3) is 0.462. The van der Waals surface area contributed by atoms with Crippen molar-refractivity contribution in [1.82, 2.24) is 5.32 Å². The van der Waals surface area contributed by atoms with Crippen LogP contribution in [0.25, 0.3) is 0 Å². The van der Waals surface area contributed by atoms with Crippen molar-refractivity contribution in [2.75, 3.05) is 5.32 Å². The highest BCUT2D eigenvalue weighted by Gasteiger charge is 2.26. The molecule has 2 unspecified atom stereocenters. The molecular weight excluding hydrogens is 305 g/mol. The lowest BCUT2D eigenvalue weighted by Gasteiger charge is -2.15. The summed E-state index contributed by atoms with van der Waals surface area (Å²) >= 11 is 12.2. The highest BCUT2D eigenvalue weighted by molar-refractivity contribution is 6.39. The van der Waals surface area contributed by atoms with Crippen molar-refractivity contribution in [3.05, 3.63) is 28.2 Å². The molecule has 1 aromatic carbocycles. The Morgan fingerprint density at radius 3 is 2.32 bits per heavy atom. The molecule has 0 bridgehead atoms. The first-order chi connectivity index (χ1) is 8.65. The van der Waals surface area contributed by atoms with Gasteiger partial charge in [-0.05, 0) is 25.0 Å². The third kappa shape index (κ3) is 3.68. The molecule has 2 N–H and O–H groups in total. The van der Waals surface area contributed by atoms with Crippen LogP contribution in [0.3, 0.4) is 0 Å². The van der Waals surface area contributed by atoms with Gasteiger partial charge in [-0.1, -0.05) is 43.1 Å². The van der Waals surface area contributed by atoms with Crippen LogP contribution in [0.15, 0.2) is 23.2 Å². The second-order valence-corrected chi connectivity index (χ2v) is 5.15. The highest BCUT2D eigenvalue weighted by atomic mass is 35.5. The van der Waals surface area contributed by atoms with E-state index in [-0.39, 0.29) is 12.4 Å². The molecule has 1 aliphatic rings. The average molecular weight is 323 g/mol. The van der Waals surface area contributed by atoms with Crippen LogP contribution < -0.4 is 10.6 Å². The molecule has 0 spiro atoms. The number of rotatable bonds is 3. The Hall–Kier alpha value is -0.640. The van der Waals surface area contributed by atoms with Gasteiger partial charge >= 0.3 is 0 Å². The molecule has 0 amide bonds. The number of benzene rings is 1. The number of halogens is 3. The molecule has 0 saturated carbocycles. The van der Waals surface area contributed by atoms with E-state index in [1.807, 2.05) is 6.07 Å². The largest absolute Gasteiger partial charge is 0.351 e. The summed E-state index contributed by atoms with van der Waals surface area (Å²) in [7, 11) is 0. The second-order valence-electron chi connectivity index (χ2n) is 4.33. The number of hydrogen-bond acceptors (Lipinski definition) is 3. The first kappa shape index (κ1) is 16.4. The summed E-state index contributed by atoms with van der Waals surface area (Å²) in [5, 5.41) is 7.74. The maximum Gasteiger partial charge on any atom is 0.196 e. The first-order valence-electron chi connectivity index (χ1n) is 6.21. The summed E-state index contributed by atoms with van der Waals surface area (Å²) in [4.78, 5) is 4.61. The molecule has 0 radical (unpaired) electrons. The van der Waals surface area contributed by atoms with Crippen molar-refractivity contribution < 1.29 is 0 Å². The molecule has 106 valence electrons. The number of nitrogens with one attached hydrogen (secondary N) is 2. The van der Waals surface area contributed by atoms with Gasteiger partial charge in [-0.15, -0.1) is 12.4 Å². The zero-order valence-electron chi connectivity index (χ0n) is 10.9. The Morgan fingerprint density at radius 2 is 1.84 bits per heavy atom. The van der Waals surface area contributed by atoms with Gasteiger partial charge in [-0.25, -0.2) is 4.99 Å². The summed E-state index contributed by atoms with van der Waals surface area (Å²) < 4.78 is 0. The molecule has 2 atom stereocenters. The molecule has 0 aromatic heterocycles. The zero-order valence-corrected chi connectivity index (χ0v) is 13.2. The maximum atomic E-state index is 6.12. The lowest BCUT2D eigenvalue weighted by molar-refractivity contribution is 0.499. The lowest BCUT2D eigenvalue weighted by atomic mass is 10.1. The number of guanidine groups is 1. The number of aliphatic imine (C=N–C) groups is 1. The molecule has 0 fully saturated rings. The quantitative estimate of drug-likeness (QED) is 0.868. The molecule has 3 nitrogen and oxygen atoms in total. The van der Waals surface area contributed by atoms with E-state index in [1.165, 1.54) is 0 Å². The minimum Gasteiger partial charge on any atom is -0.351 e. The normalized spacial score (nSPS) is 21.4. The van der Waals surface area contributed by atoms with Crippen LogP contribution in [0.2, 0.25) is 10.0 Å². The van der Waals surface area contributed by atoms with Crippen molar-refractivity contribution >= 4 is 47.3 Å². The topological polar surface area (TPSA) is 36.4 Å². The summed E-state index contributed by atoms with van der Waals surface area (Å²) in [6.45, 7) is 4.30. The fourth-order valence-corrected chi connectivity index (χ4v) is 2.61. The molecule has 6 heteroatoms. The van der Waals surface area contributed by atoms with Crippen molar-refractivity contribution in [1.29, 1.82) is 0 Å². The fourth-order valence-electron chi connectivity index (χ4n) is 2.12. The summed E-state index contributed by atoms with van der Waals surface area (Å²) in [5.41, 5.74) is 0.707. The van der Waals surface area contributed by atoms with Gasteiger partial charge in [0.15, 0.2) is 5.96 Å². The van der Waals surface area contributed by atoms with Crippen LogP contribution in [0.1, 0.15) is 26.7 Å². The second kappa shape index (κ2) is 7.22. The van der Waals surface area contributed by atoms with Gasteiger partial charge in [-0.3, -0.25) is 0 Å². The number of hydrogen-bond donors (Lipinski definition) is 2. The molecule has 19 heavy (non-hydrogen) atoms. The third-order valence-corrected chi connectivity index (χ3v) is 3.78. The Bertz CT molecular complexity index is 442. The summed E-state index contributed by atoms with van der Waals surface area (Å²) in [6.07, 6.45) is 2.07. The predicted octanol–water partition coefficient (Wildman–Crippen LogP) is 4.34. The first-order valence-corrected chi connectivity index (χ1v) is 6.96. The number of nitrogens with zero attached hydrogens (tertiary/aromatic N) is 1. The predicted molar refractivity (Wildman–Crippen MR) is 86.1 cm³/mol. The van der Waals surface area contributed by atoms with Crippen molar-refractivity contribution in [3.63, 3.8) is 0 Å². The van der Waals surface area contributed by atoms with E-state index in [0.717, 1.165) is 18.8 Å². The average Bonchev–Trinajstić information content (AvgIpc) is 2.76. The van der Waals surface area contributed by atoms with Gasteiger partial charge in [0.25, 0.3) is 0 Å². The van der Waals surface area contributed by atoms with Crippen LogP contribution in [0.5, 0.6) is 0 Å². The van der Waals surface area contributed by atoms with E-state index in [4.69, 9.17) is 23.2 Å². The smallest absolute Gasteiger partial charge is 0.196 e. The van der Waals surface area contributed by atoms with Gasteiger partial charge in [0, 0.05) is 0 Å². The zero-order chi connectivity index (χ0) is 13.1. The lowest BCUT2D eigenvalue weighted by Crippen LogP contribution is -2.36. The van der Waals surface area contributed by atoms with Gasteiger partial charge in [-0.2, -0.15) is 0 Å². The number of anilines is 1. The van der Waals surface area contributed by atoms with Crippen LogP contribution in [0, 0.1) is 0 Å². The van der Waals surface area contributed by atoms with Gasteiger partial charge < -0.3 is 10.6 Å². The van der Waals surface area contributed by atoms with Crippen LogP contribution in [0.4, 0.5) is 5.69 Å². The summed E-state index contributed by atoms with van der Waals surface area (Å²) in [6, 6.07) is 6.14. The molecule has 0 aliphatic carbocycles. The highest BCUT2D eigenvalue weighted by Crippen LogP contribution is 2.30. The minimum atomic E-state index is 0. The van der Waals surface area contributed by atoms with Gasteiger partial charge in [0.05, 0.1) is 27.8 Å². The van der Waals surface area contributed by atoms with Crippen molar-refractivity contribution in [2.45, 2.75) is 38.8 Å². The van der Waals surface area contributed by atoms with Crippen LogP contribution in [-0.2, 0) is 0 Å².